The lowest BCUT2D eigenvalue weighted by molar-refractivity contribution is -0.275. The first-order valence-corrected chi connectivity index (χ1v) is 8.63. The van der Waals surface area contributed by atoms with Crippen LogP contribution in [0.4, 0.5) is 26.3 Å². The van der Waals surface area contributed by atoms with Gasteiger partial charge in [-0.15, -0.1) is 26.3 Å². The number of halogens is 6. The van der Waals surface area contributed by atoms with Crippen LogP contribution in [-0.2, 0) is 6.42 Å². The molecule has 0 aliphatic heterocycles. The number of nitrogens with zero attached hydrogens (tertiary/aromatic N) is 2. The Bertz CT molecular complexity index is 1090. The van der Waals surface area contributed by atoms with E-state index in [1.54, 1.807) is 12.1 Å². The number of rotatable bonds is 5. The summed E-state index contributed by atoms with van der Waals surface area (Å²) in [5.41, 5.74) is 2.20. The molecule has 2 aromatic carbocycles. The summed E-state index contributed by atoms with van der Waals surface area (Å²) < 4.78 is 81.9. The lowest BCUT2D eigenvalue weighted by Gasteiger charge is -2.13. The number of ether oxygens (including phenoxy) is 2. The predicted octanol–water partition coefficient (Wildman–Crippen LogP) is 6.28. The molecule has 0 fully saturated rings. The zero-order valence-corrected chi connectivity index (χ0v) is 15.5. The third kappa shape index (κ3) is 6.12. The average molecular weight is 438 g/mol. The first kappa shape index (κ1) is 22.0. The van der Waals surface area contributed by atoms with E-state index in [-0.39, 0.29) is 6.42 Å². The van der Waals surface area contributed by atoms with Crippen LogP contribution >= 0.6 is 0 Å². The van der Waals surface area contributed by atoms with Crippen LogP contribution in [0.5, 0.6) is 11.5 Å². The molecule has 0 N–H and O–H groups in total. The van der Waals surface area contributed by atoms with Gasteiger partial charge < -0.3 is 9.47 Å². The van der Waals surface area contributed by atoms with Gasteiger partial charge in [0.2, 0.25) is 0 Å². The van der Waals surface area contributed by atoms with Gasteiger partial charge in [-0.05, 0) is 48.0 Å². The molecular formula is C21H12F6N2O2. The van der Waals surface area contributed by atoms with Gasteiger partial charge >= 0.3 is 12.7 Å². The van der Waals surface area contributed by atoms with Gasteiger partial charge in [-0.3, -0.25) is 4.98 Å². The van der Waals surface area contributed by atoms with Crippen molar-refractivity contribution in [2.45, 2.75) is 19.1 Å². The fourth-order valence-electron chi connectivity index (χ4n) is 2.78. The van der Waals surface area contributed by atoms with E-state index in [2.05, 4.69) is 14.5 Å². The number of hydrogen-bond donors (Lipinski definition) is 0. The number of alkyl halides is 6. The van der Waals surface area contributed by atoms with E-state index in [0.717, 1.165) is 24.3 Å². The second-order valence-electron chi connectivity index (χ2n) is 6.18. The minimum Gasteiger partial charge on any atom is -0.406 e. The fraction of sp³-hybridized carbons (Fsp3) is 0.143. The molecule has 0 bridgehead atoms. The molecule has 0 radical (unpaired) electrons. The minimum absolute atomic E-state index is 0.000902. The molecule has 10 heteroatoms. The molecule has 0 aliphatic rings. The highest BCUT2D eigenvalue weighted by Crippen LogP contribution is 2.34. The lowest BCUT2D eigenvalue weighted by atomic mass is 9.98. The highest BCUT2D eigenvalue weighted by molar-refractivity contribution is 5.81. The Morgan fingerprint density at radius 3 is 1.65 bits per heavy atom. The van der Waals surface area contributed by atoms with Gasteiger partial charge in [-0.25, -0.2) is 0 Å². The molecule has 0 aliphatic carbocycles. The molecule has 0 spiro atoms. The summed E-state index contributed by atoms with van der Waals surface area (Å²) in [6.45, 7) is 0. The second-order valence-corrected chi connectivity index (χ2v) is 6.18. The average Bonchev–Trinajstić information content (AvgIpc) is 2.67. The van der Waals surface area contributed by atoms with Gasteiger partial charge in [-0.2, -0.15) is 5.26 Å². The zero-order chi connectivity index (χ0) is 22.6. The number of benzene rings is 2. The smallest absolute Gasteiger partial charge is 0.406 e. The van der Waals surface area contributed by atoms with Crippen molar-refractivity contribution in [3.63, 3.8) is 0 Å². The van der Waals surface area contributed by atoms with Crippen LogP contribution in [-0.4, -0.2) is 17.7 Å². The monoisotopic (exact) mass is 438 g/mol. The van der Waals surface area contributed by atoms with Crippen molar-refractivity contribution in [3.8, 4) is 40.0 Å². The molecule has 3 rings (SSSR count). The van der Waals surface area contributed by atoms with Crippen LogP contribution in [0, 0.1) is 11.3 Å². The van der Waals surface area contributed by atoms with Crippen molar-refractivity contribution in [2.75, 3.05) is 0 Å². The maximum absolute atomic E-state index is 12.4. The topological polar surface area (TPSA) is 55.1 Å². The Morgan fingerprint density at radius 2 is 1.19 bits per heavy atom. The van der Waals surface area contributed by atoms with Crippen LogP contribution in [0.15, 0.2) is 60.7 Å². The second kappa shape index (κ2) is 8.55. The van der Waals surface area contributed by atoms with E-state index in [1.807, 2.05) is 6.07 Å². The third-order valence-corrected chi connectivity index (χ3v) is 3.97. The van der Waals surface area contributed by atoms with E-state index in [1.165, 1.54) is 24.3 Å². The standard InChI is InChI=1S/C21H12F6N2O2/c22-20(23,24)30-16-6-1-13(2-7-16)18-10-5-15(11-12-28)29-19(18)14-3-8-17(9-4-14)31-21(25,26)27/h1-10H,11H2. The number of aromatic nitrogens is 1. The molecule has 4 nitrogen and oxygen atoms in total. The maximum Gasteiger partial charge on any atom is 0.573 e. The summed E-state index contributed by atoms with van der Waals surface area (Å²) in [6.07, 6.45) is -9.66. The van der Waals surface area contributed by atoms with E-state index in [9.17, 15) is 26.3 Å². The highest BCUT2D eigenvalue weighted by Gasteiger charge is 2.31. The molecule has 0 saturated carbocycles. The Kier molecular flexibility index (Phi) is 6.06. The van der Waals surface area contributed by atoms with Crippen molar-refractivity contribution in [1.29, 1.82) is 5.26 Å². The summed E-state index contributed by atoms with van der Waals surface area (Å²) in [5.74, 6) is -0.819. The minimum atomic E-state index is -4.84. The van der Waals surface area contributed by atoms with E-state index in [4.69, 9.17) is 5.26 Å². The molecular weight excluding hydrogens is 426 g/mol. The molecule has 0 atom stereocenters. The van der Waals surface area contributed by atoms with Crippen molar-refractivity contribution in [1.82, 2.24) is 4.98 Å². The van der Waals surface area contributed by atoms with Gasteiger partial charge in [0.05, 0.1) is 23.9 Å². The van der Waals surface area contributed by atoms with E-state index >= 15 is 0 Å². The SMILES string of the molecule is N#CCc1ccc(-c2ccc(OC(F)(F)F)cc2)c(-c2ccc(OC(F)(F)F)cc2)n1. The number of pyridine rings is 1. The quantitative estimate of drug-likeness (QED) is 0.440. The van der Waals surface area contributed by atoms with Gasteiger partial charge in [0.15, 0.2) is 0 Å². The first-order chi connectivity index (χ1) is 14.5. The zero-order valence-electron chi connectivity index (χ0n) is 15.5. The Morgan fingerprint density at radius 1 is 0.710 bits per heavy atom. The first-order valence-electron chi connectivity index (χ1n) is 8.63. The normalized spacial score (nSPS) is 11.6. The Labute approximate surface area is 172 Å². The van der Waals surface area contributed by atoms with Crippen molar-refractivity contribution in [3.05, 3.63) is 66.4 Å². The van der Waals surface area contributed by atoms with Crippen molar-refractivity contribution < 1.29 is 35.8 Å². The third-order valence-electron chi connectivity index (χ3n) is 3.97. The molecule has 31 heavy (non-hydrogen) atoms. The molecule has 3 aromatic rings. The summed E-state index contributed by atoms with van der Waals surface area (Å²) in [6, 6.07) is 15.2. The summed E-state index contributed by atoms with van der Waals surface area (Å²) in [7, 11) is 0. The van der Waals surface area contributed by atoms with Crippen LogP contribution in [0.25, 0.3) is 22.4 Å². The van der Waals surface area contributed by atoms with Gasteiger partial charge in [0.25, 0.3) is 0 Å². The molecule has 0 saturated heterocycles. The van der Waals surface area contributed by atoms with Crippen LogP contribution in [0.2, 0.25) is 0 Å². The van der Waals surface area contributed by atoms with Crippen LogP contribution in [0.3, 0.4) is 0 Å². The van der Waals surface area contributed by atoms with Gasteiger partial charge in [-0.1, -0.05) is 18.2 Å². The largest absolute Gasteiger partial charge is 0.573 e. The van der Waals surface area contributed by atoms with E-state index in [0.29, 0.717) is 28.1 Å². The number of nitriles is 1. The maximum atomic E-state index is 12.4. The lowest BCUT2D eigenvalue weighted by Crippen LogP contribution is -2.17. The van der Waals surface area contributed by atoms with Gasteiger partial charge in [0, 0.05) is 11.1 Å². The molecule has 160 valence electrons. The summed E-state index contributed by atoms with van der Waals surface area (Å²) in [4.78, 5) is 4.40. The van der Waals surface area contributed by atoms with Crippen LogP contribution in [0.1, 0.15) is 5.69 Å². The summed E-state index contributed by atoms with van der Waals surface area (Å²) in [5, 5.41) is 8.92. The van der Waals surface area contributed by atoms with Gasteiger partial charge in [0.1, 0.15) is 11.5 Å². The van der Waals surface area contributed by atoms with Crippen LogP contribution < -0.4 is 9.47 Å². The predicted molar refractivity (Wildman–Crippen MR) is 97.8 cm³/mol. The molecule has 0 unspecified atom stereocenters. The van der Waals surface area contributed by atoms with Crippen molar-refractivity contribution >= 4 is 0 Å². The summed E-state index contributed by atoms with van der Waals surface area (Å²) >= 11 is 0. The number of hydrogen-bond acceptors (Lipinski definition) is 4. The molecule has 0 amide bonds. The molecule has 1 heterocycles. The Hall–Kier alpha value is -3.74. The fourth-order valence-corrected chi connectivity index (χ4v) is 2.78. The highest BCUT2D eigenvalue weighted by atomic mass is 19.4. The molecule has 1 aromatic heterocycles. The Balaban J connectivity index is 1.99. The van der Waals surface area contributed by atoms with E-state index < -0.39 is 24.2 Å². The van der Waals surface area contributed by atoms with Crippen molar-refractivity contribution in [2.24, 2.45) is 0 Å².